The Labute approximate surface area is 151 Å². The van der Waals surface area contributed by atoms with Crippen LogP contribution < -0.4 is 9.47 Å². The number of aryl methyl sites for hydroxylation is 1. The van der Waals surface area contributed by atoms with Gasteiger partial charge in [-0.1, -0.05) is 36.4 Å². The van der Waals surface area contributed by atoms with Crippen molar-refractivity contribution in [3.63, 3.8) is 0 Å². The smallest absolute Gasteiger partial charge is 0.163 e. The third-order valence-electron chi connectivity index (χ3n) is 4.36. The first-order valence-corrected chi connectivity index (χ1v) is 8.34. The number of hydrogen-bond acceptors (Lipinski definition) is 4. The summed E-state index contributed by atoms with van der Waals surface area (Å²) >= 11 is 0. The van der Waals surface area contributed by atoms with Crippen LogP contribution in [0.4, 0.5) is 0 Å². The molecule has 0 N–H and O–H groups in total. The summed E-state index contributed by atoms with van der Waals surface area (Å²) in [6.45, 7) is 2.00. The van der Waals surface area contributed by atoms with E-state index in [1.165, 1.54) is 0 Å². The second-order valence-corrected chi connectivity index (χ2v) is 6.01. The molecule has 0 aliphatic rings. The van der Waals surface area contributed by atoms with E-state index in [9.17, 15) is 0 Å². The van der Waals surface area contributed by atoms with Crippen LogP contribution in [-0.4, -0.2) is 28.8 Å². The van der Waals surface area contributed by atoms with Gasteiger partial charge in [-0.3, -0.25) is 0 Å². The summed E-state index contributed by atoms with van der Waals surface area (Å²) in [6, 6.07) is 18.1. The van der Waals surface area contributed by atoms with Gasteiger partial charge in [0.2, 0.25) is 0 Å². The lowest BCUT2D eigenvalue weighted by Gasteiger charge is -2.10. The highest BCUT2D eigenvalue weighted by Crippen LogP contribution is 2.34. The average Bonchev–Trinajstić information content (AvgIpc) is 3.11. The fourth-order valence-corrected chi connectivity index (χ4v) is 3.11. The van der Waals surface area contributed by atoms with Crippen LogP contribution in [0.25, 0.3) is 28.0 Å². The highest BCUT2D eigenvalue weighted by Gasteiger charge is 2.15. The Balaban J connectivity index is 1.92. The minimum absolute atomic E-state index is 0.681. The number of methoxy groups -OCH3 is 2. The van der Waals surface area contributed by atoms with Gasteiger partial charge >= 0.3 is 0 Å². The molecule has 4 rings (SSSR count). The Kier molecular flexibility index (Phi) is 4.05. The standard InChI is InChI=1S/C21H19N3O2/c1-14-11-18(15-7-5-4-6-8-15)24-21(23-14)17(13-22-24)16-9-10-19(25-2)20(12-16)26-3/h4-13H,1-3H3. The topological polar surface area (TPSA) is 48.7 Å². The summed E-state index contributed by atoms with van der Waals surface area (Å²) in [5.41, 5.74) is 5.81. The fraction of sp³-hybridized carbons (Fsp3) is 0.143. The van der Waals surface area contributed by atoms with Gasteiger partial charge < -0.3 is 9.47 Å². The Morgan fingerprint density at radius 3 is 2.35 bits per heavy atom. The normalized spacial score (nSPS) is 10.9. The molecule has 0 spiro atoms. The number of fused-ring (bicyclic) bond motifs is 1. The Bertz CT molecular complexity index is 1070. The summed E-state index contributed by atoms with van der Waals surface area (Å²) < 4.78 is 12.6. The highest BCUT2D eigenvalue weighted by atomic mass is 16.5. The molecule has 0 amide bonds. The second-order valence-electron chi connectivity index (χ2n) is 6.01. The molecule has 0 unspecified atom stereocenters. The van der Waals surface area contributed by atoms with Crippen molar-refractivity contribution >= 4 is 5.65 Å². The van der Waals surface area contributed by atoms with Gasteiger partial charge in [-0.05, 0) is 30.7 Å². The summed E-state index contributed by atoms with van der Waals surface area (Å²) in [4.78, 5) is 4.72. The van der Waals surface area contributed by atoms with Gasteiger partial charge in [0.25, 0.3) is 0 Å². The molecule has 2 aromatic heterocycles. The first-order chi connectivity index (χ1) is 12.7. The summed E-state index contributed by atoms with van der Waals surface area (Å²) in [5, 5.41) is 4.59. The Morgan fingerprint density at radius 2 is 1.62 bits per heavy atom. The van der Waals surface area contributed by atoms with E-state index < -0.39 is 0 Å². The lowest BCUT2D eigenvalue weighted by atomic mass is 10.1. The molecule has 0 radical (unpaired) electrons. The summed E-state index contributed by atoms with van der Waals surface area (Å²) in [6.07, 6.45) is 1.84. The molecule has 26 heavy (non-hydrogen) atoms. The van der Waals surface area contributed by atoms with Gasteiger partial charge in [-0.15, -0.1) is 0 Å². The largest absolute Gasteiger partial charge is 0.493 e. The van der Waals surface area contributed by atoms with Crippen LogP contribution >= 0.6 is 0 Å². The van der Waals surface area contributed by atoms with Gasteiger partial charge in [0.05, 0.1) is 26.1 Å². The fourth-order valence-electron chi connectivity index (χ4n) is 3.11. The van der Waals surface area contributed by atoms with Crippen LogP contribution in [0.2, 0.25) is 0 Å². The third-order valence-corrected chi connectivity index (χ3v) is 4.36. The highest BCUT2D eigenvalue weighted by molar-refractivity contribution is 5.80. The van der Waals surface area contributed by atoms with Crippen molar-refractivity contribution in [3.05, 3.63) is 66.5 Å². The number of benzene rings is 2. The van der Waals surface area contributed by atoms with E-state index in [-0.39, 0.29) is 0 Å². The van der Waals surface area contributed by atoms with E-state index in [2.05, 4.69) is 17.2 Å². The van der Waals surface area contributed by atoms with E-state index in [1.54, 1.807) is 14.2 Å². The molecule has 130 valence electrons. The van der Waals surface area contributed by atoms with Gasteiger partial charge in [0.15, 0.2) is 17.1 Å². The van der Waals surface area contributed by atoms with Crippen molar-refractivity contribution in [3.8, 4) is 33.9 Å². The zero-order valence-corrected chi connectivity index (χ0v) is 14.9. The number of rotatable bonds is 4. The Morgan fingerprint density at radius 1 is 0.846 bits per heavy atom. The van der Waals surface area contributed by atoms with E-state index in [0.29, 0.717) is 11.5 Å². The van der Waals surface area contributed by atoms with Crippen LogP contribution in [0.5, 0.6) is 11.5 Å². The van der Waals surface area contributed by atoms with Crippen molar-refractivity contribution in [1.29, 1.82) is 0 Å². The molecule has 2 heterocycles. The predicted octanol–water partition coefficient (Wildman–Crippen LogP) is 4.39. The van der Waals surface area contributed by atoms with Gasteiger partial charge in [0.1, 0.15) is 0 Å². The average molecular weight is 345 g/mol. The lowest BCUT2D eigenvalue weighted by Crippen LogP contribution is -1.98. The number of aromatic nitrogens is 3. The molecule has 0 aliphatic heterocycles. The quantitative estimate of drug-likeness (QED) is 0.550. The molecule has 0 saturated heterocycles. The molecule has 0 saturated carbocycles. The van der Waals surface area contributed by atoms with Gasteiger partial charge in [0, 0.05) is 16.8 Å². The molecule has 0 fully saturated rings. The van der Waals surface area contributed by atoms with Crippen LogP contribution in [-0.2, 0) is 0 Å². The van der Waals surface area contributed by atoms with E-state index in [0.717, 1.165) is 33.7 Å². The van der Waals surface area contributed by atoms with E-state index >= 15 is 0 Å². The van der Waals surface area contributed by atoms with Crippen molar-refractivity contribution < 1.29 is 9.47 Å². The first-order valence-electron chi connectivity index (χ1n) is 8.34. The molecule has 4 aromatic rings. The van der Waals surface area contributed by atoms with Crippen molar-refractivity contribution in [2.75, 3.05) is 14.2 Å². The van der Waals surface area contributed by atoms with Crippen LogP contribution in [0.3, 0.4) is 0 Å². The van der Waals surface area contributed by atoms with Crippen molar-refractivity contribution in [2.24, 2.45) is 0 Å². The van der Waals surface area contributed by atoms with Gasteiger partial charge in [-0.2, -0.15) is 5.10 Å². The number of nitrogens with zero attached hydrogens (tertiary/aromatic N) is 3. The van der Waals surface area contributed by atoms with Crippen molar-refractivity contribution in [2.45, 2.75) is 6.92 Å². The molecule has 5 heteroatoms. The summed E-state index contributed by atoms with van der Waals surface area (Å²) in [5.74, 6) is 1.38. The molecule has 0 aliphatic carbocycles. The maximum Gasteiger partial charge on any atom is 0.163 e. The summed E-state index contributed by atoms with van der Waals surface area (Å²) in [7, 11) is 3.26. The molecule has 5 nitrogen and oxygen atoms in total. The molecule has 0 bridgehead atoms. The maximum absolute atomic E-state index is 5.43. The minimum atomic E-state index is 0.681. The second kappa shape index (κ2) is 6.52. The monoisotopic (exact) mass is 345 g/mol. The first kappa shape index (κ1) is 16.1. The van der Waals surface area contributed by atoms with Crippen LogP contribution in [0.1, 0.15) is 5.69 Å². The Hall–Kier alpha value is -3.34. The maximum atomic E-state index is 5.43. The third kappa shape index (κ3) is 2.67. The minimum Gasteiger partial charge on any atom is -0.493 e. The SMILES string of the molecule is COc1ccc(-c2cnn3c(-c4ccccc4)cc(C)nc23)cc1OC. The van der Waals surface area contributed by atoms with Crippen molar-refractivity contribution in [1.82, 2.24) is 14.6 Å². The zero-order chi connectivity index (χ0) is 18.1. The number of ether oxygens (including phenoxy) is 2. The lowest BCUT2D eigenvalue weighted by molar-refractivity contribution is 0.355. The molecule has 0 atom stereocenters. The van der Waals surface area contributed by atoms with Crippen LogP contribution in [0, 0.1) is 6.92 Å². The molecule has 2 aromatic carbocycles. The van der Waals surface area contributed by atoms with Crippen LogP contribution in [0.15, 0.2) is 60.8 Å². The van der Waals surface area contributed by atoms with E-state index in [1.807, 2.05) is 60.1 Å². The van der Waals surface area contributed by atoms with Gasteiger partial charge in [-0.25, -0.2) is 9.50 Å². The molecular formula is C21H19N3O2. The van der Waals surface area contributed by atoms with E-state index in [4.69, 9.17) is 14.5 Å². The predicted molar refractivity (Wildman–Crippen MR) is 102 cm³/mol. The zero-order valence-electron chi connectivity index (χ0n) is 14.9. The number of hydrogen-bond donors (Lipinski definition) is 0. The molecular weight excluding hydrogens is 326 g/mol.